The number of hydrogen-bond donors (Lipinski definition) is 2. The molecule has 3 heterocycles. The number of thiazole rings is 1. The van der Waals surface area contributed by atoms with Crippen molar-refractivity contribution < 1.29 is 9.15 Å². The van der Waals surface area contributed by atoms with Gasteiger partial charge in [0.15, 0.2) is 5.96 Å². The molecule has 0 amide bonds. The van der Waals surface area contributed by atoms with Gasteiger partial charge in [0.2, 0.25) is 0 Å². The third-order valence-corrected chi connectivity index (χ3v) is 5.51. The average Bonchev–Trinajstić information content (AvgIpc) is 3.31. The molecule has 1 aliphatic rings. The maximum atomic E-state index is 5.93. The molecule has 1 unspecified atom stereocenters. The van der Waals surface area contributed by atoms with Crippen molar-refractivity contribution in [3.8, 4) is 0 Å². The summed E-state index contributed by atoms with van der Waals surface area (Å²) in [6, 6.07) is 4.20. The maximum absolute atomic E-state index is 5.93. The SMILES string of the molecule is CCNC(=NCC(c1ccc(C)o1)N1CCOCC1)NCCc1csc(C)n1.I. The number of halogens is 1. The third-order valence-electron chi connectivity index (χ3n) is 4.68. The summed E-state index contributed by atoms with van der Waals surface area (Å²) >= 11 is 1.69. The van der Waals surface area contributed by atoms with Crippen molar-refractivity contribution in [1.29, 1.82) is 0 Å². The van der Waals surface area contributed by atoms with E-state index < -0.39 is 0 Å². The first kappa shape index (κ1) is 24.1. The molecule has 0 aliphatic carbocycles. The second-order valence-corrected chi connectivity index (χ2v) is 7.93. The first-order valence-corrected chi connectivity index (χ1v) is 10.8. The zero-order valence-electron chi connectivity index (χ0n) is 17.4. The van der Waals surface area contributed by atoms with Gasteiger partial charge in [-0.05, 0) is 32.9 Å². The van der Waals surface area contributed by atoms with Gasteiger partial charge in [0, 0.05) is 38.0 Å². The molecule has 7 nitrogen and oxygen atoms in total. The van der Waals surface area contributed by atoms with Crippen molar-refractivity contribution in [3.63, 3.8) is 0 Å². The highest BCUT2D eigenvalue weighted by molar-refractivity contribution is 14.0. The highest BCUT2D eigenvalue weighted by atomic mass is 127. The fourth-order valence-corrected chi connectivity index (χ4v) is 3.91. The van der Waals surface area contributed by atoms with Crippen LogP contribution in [0.1, 0.15) is 35.2 Å². The number of aryl methyl sites for hydroxylation is 2. The van der Waals surface area contributed by atoms with Gasteiger partial charge < -0.3 is 19.8 Å². The molecule has 0 spiro atoms. The van der Waals surface area contributed by atoms with Crippen LogP contribution in [0.4, 0.5) is 0 Å². The van der Waals surface area contributed by atoms with Gasteiger partial charge in [-0.25, -0.2) is 4.98 Å². The van der Waals surface area contributed by atoms with Crippen LogP contribution in [0.3, 0.4) is 0 Å². The van der Waals surface area contributed by atoms with Gasteiger partial charge in [0.1, 0.15) is 11.5 Å². The molecule has 29 heavy (non-hydrogen) atoms. The summed E-state index contributed by atoms with van der Waals surface area (Å²) < 4.78 is 11.4. The number of aromatic nitrogens is 1. The number of morpholine rings is 1. The molecule has 9 heteroatoms. The predicted molar refractivity (Wildman–Crippen MR) is 129 cm³/mol. The molecule has 1 aliphatic heterocycles. The summed E-state index contributed by atoms with van der Waals surface area (Å²) in [6.07, 6.45) is 0.888. The van der Waals surface area contributed by atoms with Crippen LogP contribution >= 0.6 is 35.3 Å². The average molecular weight is 533 g/mol. The molecule has 2 N–H and O–H groups in total. The van der Waals surface area contributed by atoms with Crippen LogP contribution in [0.25, 0.3) is 0 Å². The van der Waals surface area contributed by atoms with Crippen molar-refractivity contribution in [2.24, 2.45) is 4.99 Å². The van der Waals surface area contributed by atoms with E-state index >= 15 is 0 Å². The van der Waals surface area contributed by atoms with Gasteiger partial charge in [-0.1, -0.05) is 0 Å². The van der Waals surface area contributed by atoms with E-state index in [2.05, 4.69) is 38.9 Å². The largest absolute Gasteiger partial charge is 0.465 e. The highest BCUT2D eigenvalue weighted by Gasteiger charge is 2.25. The molecule has 0 radical (unpaired) electrons. The highest BCUT2D eigenvalue weighted by Crippen LogP contribution is 2.24. The summed E-state index contributed by atoms with van der Waals surface area (Å²) in [7, 11) is 0. The number of furan rings is 1. The predicted octanol–water partition coefficient (Wildman–Crippen LogP) is 3.14. The molecule has 3 rings (SSSR count). The standard InChI is InChI=1S/C20H31N5O2S.HI/c1-4-21-20(22-8-7-17-14-28-16(3)24-17)23-13-18(19-6-5-15(2)27-19)25-9-11-26-12-10-25;/h5-6,14,18H,4,7-13H2,1-3H3,(H2,21,22,23);1H. The van der Waals surface area contributed by atoms with E-state index in [4.69, 9.17) is 14.1 Å². The fraction of sp³-hybridized carbons (Fsp3) is 0.600. The lowest BCUT2D eigenvalue weighted by Crippen LogP contribution is -2.42. The number of ether oxygens (including phenoxy) is 1. The van der Waals surface area contributed by atoms with E-state index in [-0.39, 0.29) is 30.0 Å². The summed E-state index contributed by atoms with van der Waals surface area (Å²) in [6.45, 7) is 11.7. The van der Waals surface area contributed by atoms with Crippen molar-refractivity contribution in [2.75, 3.05) is 45.9 Å². The van der Waals surface area contributed by atoms with Crippen molar-refractivity contribution in [1.82, 2.24) is 20.5 Å². The molecule has 1 atom stereocenters. The lowest BCUT2D eigenvalue weighted by atomic mass is 10.1. The summed E-state index contributed by atoms with van der Waals surface area (Å²) in [5.41, 5.74) is 1.13. The normalized spacial score (nSPS) is 16.3. The minimum Gasteiger partial charge on any atom is -0.465 e. The van der Waals surface area contributed by atoms with Crippen molar-refractivity contribution in [3.05, 3.63) is 39.7 Å². The topological polar surface area (TPSA) is 74.9 Å². The Hall–Kier alpha value is -1.17. The molecular weight excluding hydrogens is 501 g/mol. The molecular formula is C20H32IN5O2S. The van der Waals surface area contributed by atoms with E-state index in [0.717, 1.165) is 74.0 Å². The molecule has 1 saturated heterocycles. The second-order valence-electron chi connectivity index (χ2n) is 6.87. The molecule has 1 fully saturated rings. The molecule has 0 saturated carbocycles. The van der Waals surface area contributed by atoms with Crippen LogP contribution in [0, 0.1) is 13.8 Å². The van der Waals surface area contributed by atoms with Crippen molar-refractivity contribution >= 4 is 41.3 Å². The van der Waals surface area contributed by atoms with E-state index in [1.807, 2.05) is 19.9 Å². The number of nitrogens with zero attached hydrogens (tertiary/aromatic N) is 3. The van der Waals surface area contributed by atoms with Crippen LogP contribution in [0.2, 0.25) is 0 Å². The number of nitrogens with one attached hydrogen (secondary N) is 2. The number of hydrogen-bond acceptors (Lipinski definition) is 6. The Kier molecular flexibility index (Phi) is 10.4. The van der Waals surface area contributed by atoms with Gasteiger partial charge in [-0.2, -0.15) is 0 Å². The van der Waals surface area contributed by atoms with Crippen LogP contribution in [-0.2, 0) is 11.2 Å². The van der Waals surface area contributed by atoms with Crippen LogP contribution in [0.5, 0.6) is 0 Å². The Balaban J connectivity index is 0.00000300. The summed E-state index contributed by atoms with van der Waals surface area (Å²) in [5, 5.41) is 9.99. The Labute approximate surface area is 194 Å². The Morgan fingerprint density at radius 2 is 2.07 bits per heavy atom. The first-order chi connectivity index (χ1) is 13.7. The maximum Gasteiger partial charge on any atom is 0.191 e. The minimum atomic E-state index is 0. The van der Waals surface area contributed by atoms with Gasteiger partial charge >= 0.3 is 0 Å². The van der Waals surface area contributed by atoms with Gasteiger partial charge in [0.05, 0.1) is 36.5 Å². The lowest BCUT2D eigenvalue weighted by Gasteiger charge is -2.32. The monoisotopic (exact) mass is 533 g/mol. The lowest BCUT2D eigenvalue weighted by molar-refractivity contribution is 0.0135. The Bertz CT molecular complexity index is 758. The zero-order valence-corrected chi connectivity index (χ0v) is 20.6. The smallest absolute Gasteiger partial charge is 0.191 e. The fourth-order valence-electron chi connectivity index (χ4n) is 3.26. The van der Waals surface area contributed by atoms with Gasteiger partial charge in [-0.15, -0.1) is 35.3 Å². The zero-order chi connectivity index (χ0) is 19.8. The van der Waals surface area contributed by atoms with Crippen LogP contribution in [-0.4, -0.2) is 61.8 Å². The molecule has 162 valence electrons. The number of aliphatic imine (C=N–C) groups is 1. The molecule has 2 aromatic heterocycles. The quantitative estimate of drug-likeness (QED) is 0.309. The van der Waals surface area contributed by atoms with Crippen molar-refractivity contribution in [2.45, 2.75) is 33.2 Å². The van der Waals surface area contributed by atoms with E-state index in [9.17, 15) is 0 Å². The second kappa shape index (κ2) is 12.5. The number of guanidine groups is 1. The van der Waals surface area contributed by atoms with Gasteiger partial charge in [-0.3, -0.25) is 9.89 Å². The van der Waals surface area contributed by atoms with Crippen LogP contribution < -0.4 is 10.6 Å². The molecule has 0 aromatic carbocycles. The Morgan fingerprint density at radius 1 is 1.28 bits per heavy atom. The van der Waals surface area contributed by atoms with E-state index in [1.165, 1.54) is 0 Å². The first-order valence-electron chi connectivity index (χ1n) is 9.97. The van der Waals surface area contributed by atoms with Gasteiger partial charge in [0.25, 0.3) is 0 Å². The summed E-state index contributed by atoms with van der Waals surface area (Å²) in [4.78, 5) is 11.8. The van der Waals surface area contributed by atoms with E-state index in [0.29, 0.717) is 6.54 Å². The number of rotatable bonds is 8. The molecule has 0 bridgehead atoms. The summed E-state index contributed by atoms with van der Waals surface area (Å²) in [5.74, 6) is 2.73. The third kappa shape index (κ3) is 7.54. The molecule has 2 aromatic rings. The minimum absolute atomic E-state index is 0. The van der Waals surface area contributed by atoms with E-state index in [1.54, 1.807) is 11.3 Å². The Morgan fingerprint density at radius 3 is 2.69 bits per heavy atom. The van der Waals surface area contributed by atoms with Crippen LogP contribution in [0.15, 0.2) is 26.9 Å².